The molecular weight excluding hydrogens is 543 g/mol. The first kappa shape index (κ1) is 22.3. The van der Waals surface area contributed by atoms with E-state index in [-0.39, 0.29) is 44.9 Å². The Morgan fingerprint density at radius 2 is 0.731 bits per heavy atom. The topological polar surface area (TPSA) is 0 Å². The van der Waals surface area contributed by atoms with Gasteiger partial charge in [-0.25, -0.2) is 0 Å². The van der Waals surface area contributed by atoms with Crippen LogP contribution >= 0.6 is 0 Å². The summed E-state index contributed by atoms with van der Waals surface area (Å²) in [5.41, 5.74) is 9.56. The fourth-order valence-electron chi connectivity index (χ4n) is 3.11. The van der Waals surface area contributed by atoms with Crippen molar-refractivity contribution in [1.29, 1.82) is 0 Å². The van der Waals surface area contributed by atoms with E-state index in [0.29, 0.717) is 0 Å². The van der Waals surface area contributed by atoms with Crippen molar-refractivity contribution in [2.24, 2.45) is 0 Å². The molecule has 0 saturated carbocycles. The summed E-state index contributed by atoms with van der Waals surface area (Å²) in [4.78, 5) is 0. The summed E-state index contributed by atoms with van der Waals surface area (Å²) >= 11 is -0.189. The minimum absolute atomic E-state index is 0.0944. The van der Waals surface area contributed by atoms with Crippen LogP contribution in [0.25, 0.3) is 0 Å². The number of benzene rings is 2. The van der Waals surface area contributed by atoms with Crippen molar-refractivity contribution in [2.45, 2.75) is 80.1 Å². The first-order valence-corrected chi connectivity index (χ1v) is 19.0. The molecule has 0 aromatic heterocycles. The zero-order valence-electron chi connectivity index (χ0n) is 18.1. The van der Waals surface area contributed by atoms with E-state index in [1.54, 1.807) is 7.22 Å². The molecule has 0 N–H and O–H groups in total. The monoisotopic (exact) mass is 582 g/mol. The zero-order valence-corrected chi connectivity index (χ0v) is 22.8. The molecule has 0 aliphatic heterocycles. The Morgan fingerprint density at radius 3 is 0.923 bits per heavy atom. The van der Waals surface area contributed by atoms with Crippen LogP contribution in [0.15, 0.2) is 24.3 Å². The van der Waals surface area contributed by atoms with Gasteiger partial charge in [0.2, 0.25) is 0 Å². The van der Waals surface area contributed by atoms with Crippen LogP contribution in [0.1, 0.15) is 74.9 Å². The number of aryl methyl sites for hydroxylation is 4. The van der Waals surface area contributed by atoms with Crippen molar-refractivity contribution in [1.82, 2.24) is 0 Å². The zero-order chi connectivity index (χ0) is 19.9. The van der Waals surface area contributed by atoms with Gasteiger partial charge < -0.3 is 0 Å². The van der Waals surface area contributed by atoms with Crippen LogP contribution in [0.4, 0.5) is 0 Å². The first-order chi connectivity index (χ1) is 11.8. The van der Waals surface area contributed by atoms with Crippen LogP contribution in [-0.2, 0) is 10.8 Å². The second-order valence-electron chi connectivity index (χ2n) is 9.54. The van der Waals surface area contributed by atoms with Crippen LogP contribution < -0.4 is 7.22 Å². The molecule has 0 saturated heterocycles. The predicted molar refractivity (Wildman–Crippen MR) is 120 cm³/mol. The number of hydrogen-bond acceptors (Lipinski definition) is 0. The van der Waals surface area contributed by atoms with E-state index in [0.717, 1.165) is 0 Å². The van der Waals surface area contributed by atoms with Crippen LogP contribution in [0.2, 0.25) is 0 Å². The molecule has 0 radical (unpaired) electrons. The summed E-state index contributed by atoms with van der Waals surface area (Å²) in [5, 5.41) is 0. The van der Waals surface area contributed by atoms with Crippen molar-refractivity contribution in [3.05, 3.63) is 57.6 Å². The number of hydrogen-bond donors (Lipinski definition) is 0. The molecule has 0 nitrogen and oxygen atoms in total. The third-order valence-electron chi connectivity index (χ3n) is 4.86. The van der Waals surface area contributed by atoms with Crippen LogP contribution in [0.5, 0.6) is 0 Å². The third-order valence-corrected chi connectivity index (χ3v) is 17.7. The van der Waals surface area contributed by atoms with Crippen molar-refractivity contribution >= 4 is 41.3 Å². The Balaban J connectivity index is 2.30. The summed E-state index contributed by atoms with van der Waals surface area (Å²) in [6.45, 7) is 23.2. The predicted octanol–water partition coefficient (Wildman–Crippen LogP) is 4.79. The van der Waals surface area contributed by atoms with E-state index in [2.05, 4.69) is 93.5 Å². The minimum atomic E-state index is -0.0944. The molecule has 2 rings (SSSR count). The molecule has 2 heteroatoms. The molecular formula is C24H34Te2. The van der Waals surface area contributed by atoms with E-state index in [4.69, 9.17) is 0 Å². The van der Waals surface area contributed by atoms with Gasteiger partial charge in [-0.15, -0.1) is 0 Å². The molecule has 0 heterocycles. The molecule has 142 valence electrons. The van der Waals surface area contributed by atoms with Crippen molar-refractivity contribution in [3.63, 3.8) is 0 Å². The summed E-state index contributed by atoms with van der Waals surface area (Å²) in [6, 6.07) is 9.79. The van der Waals surface area contributed by atoms with Gasteiger partial charge in [-0.2, -0.15) is 0 Å². The van der Waals surface area contributed by atoms with Crippen molar-refractivity contribution in [2.75, 3.05) is 0 Å². The van der Waals surface area contributed by atoms with E-state index in [9.17, 15) is 0 Å². The van der Waals surface area contributed by atoms with Gasteiger partial charge in [0, 0.05) is 0 Å². The molecule has 2 aromatic rings. The first-order valence-electron chi connectivity index (χ1n) is 9.38. The molecule has 0 atom stereocenters. The van der Waals surface area contributed by atoms with Gasteiger partial charge in [-0.1, -0.05) is 0 Å². The molecule has 0 bridgehead atoms. The summed E-state index contributed by atoms with van der Waals surface area (Å²) in [5.74, 6) is 0. The summed E-state index contributed by atoms with van der Waals surface area (Å²) < 4.78 is 3.42. The van der Waals surface area contributed by atoms with Crippen LogP contribution in [-0.4, -0.2) is 34.1 Å². The molecule has 0 fully saturated rings. The molecule has 26 heavy (non-hydrogen) atoms. The summed E-state index contributed by atoms with van der Waals surface area (Å²) in [6.07, 6.45) is 0. The van der Waals surface area contributed by atoms with E-state index in [1.807, 2.05) is 0 Å². The Labute approximate surface area is 177 Å². The van der Waals surface area contributed by atoms with Gasteiger partial charge in [0.05, 0.1) is 0 Å². The maximum absolute atomic E-state index is 2.45. The SMILES string of the molecule is Cc1cc(C(C)(C)C)cc(C)c1[Te][Te]c1c(C)cc(C(C)(C)C)cc1C. The van der Waals surface area contributed by atoms with Gasteiger partial charge in [-0.3, -0.25) is 0 Å². The van der Waals surface area contributed by atoms with Crippen LogP contribution in [0, 0.1) is 27.7 Å². The second kappa shape index (κ2) is 8.18. The van der Waals surface area contributed by atoms with Crippen molar-refractivity contribution < 1.29 is 0 Å². The molecule has 2 aromatic carbocycles. The molecule has 0 amide bonds. The van der Waals surface area contributed by atoms with Gasteiger partial charge in [0.25, 0.3) is 0 Å². The molecule has 0 spiro atoms. The quantitative estimate of drug-likeness (QED) is 0.461. The van der Waals surface area contributed by atoms with Gasteiger partial charge >= 0.3 is 179 Å². The Morgan fingerprint density at radius 1 is 0.500 bits per heavy atom. The fourth-order valence-corrected chi connectivity index (χ4v) is 19.0. The average molecular weight is 578 g/mol. The van der Waals surface area contributed by atoms with Gasteiger partial charge in [0.15, 0.2) is 0 Å². The Kier molecular flexibility index (Phi) is 7.01. The van der Waals surface area contributed by atoms with Crippen molar-refractivity contribution in [3.8, 4) is 0 Å². The molecule has 0 aliphatic rings. The molecule has 0 unspecified atom stereocenters. The summed E-state index contributed by atoms with van der Waals surface area (Å²) in [7, 11) is 0. The van der Waals surface area contributed by atoms with E-state index >= 15 is 0 Å². The Hall–Kier alpha value is 0.0192. The number of rotatable bonds is 3. The Bertz CT molecular complexity index is 686. The van der Waals surface area contributed by atoms with E-state index in [1.165, 1.54) is 33.4 Å². The van der Waals surface area contributed by atoms with Crippen LogP contribution in [0.3, 0.4) is 0 Å². The van der Waals surface area contributed by atoms with Gasteiger partial charge in [-0.05, 0) is 0 Å². The average Bonchev–Trinajstić information content (AvgIpc) is 2.46. The fraction of sp³-hybridized carbons (Fsp3) is 0.500. The second-order valence-corrected chi connectivity index (χ2v) is 19.2. The third kappa shape index (κ3) is 5.30. The normalized spacial score (nSPS) is 12.5. The maximum atomic E-state index is 2.45. The van der Waals surface area contributed by atoms with E-state index < -0.39 is 0 Å². The molecule has 0 aliphatic carbocycles. The standard InChI is InChI=1S/C24H34Te2/c1-15-11-19(23(5,6)7)12-16(2)21(15)25-26-22-17(3)13-20(14-18(22)4)24(8,9)10/h11-14H,1-10H3. The van der Waals surface area contributed by atoms with Gasteiger partial charge in [0.1, 0.15) is 0 Å².